The molecule has 1 rings (SSSR count). The van der Waals surface area contributed by atoms with Gasteiger partial charge in [-0.15, -0.1) is 11.8 Å². The van der Waals surface area contributed by atoms with E-state index in [4.69, 9.17) is 9.84 Å². The van der Waals surface area contributed by atoms with Crippen molar-refractivity contribution in [3.05, 3.63) is 0 Å². The van der Waals surface area contributed by atoms with Crippen LogP contribution in [0.1, 0.15) is 32.6 Å². The van der Waals surface area contributed by atoms with Crippen molar-refractivity contribution in [1.82, 2.24) is 0 Å². The van der Waals surface area contributed by atoms with Crippen molar-refractivity contribution in [2.45, 2.75) is 62.5 Å². The molecule has 1 aliphatic heterocycles. The number of unbranched alkanes of at least 4 members (excludes halogenated alkanes) is 3. The molecule has 0 aromatic heterocycles. The zero-order chi connectivity index (χ0) is 13.5. The number of rotatable bonds is 8. The van der Waals surface area contributed by atoms with Crippen LogP contribution in [0.4, 0.5) is 0 Å². The summed E-state index contributed by atoms with van der Waals surface area (Å²) in [4.78, 5) is 0. The molecule has 0 radical (unpaired) electrons. The topological polar surface area (TPSA) is 90.2 Å². The summed E-state index contributed by atoms with van der Waals surface area (Å²) in [5, 5.41) is 37.8. The van der Waals surface area contributed by atoms with Crippen molar-refractivity contribution in [2.75, 3.05) is 12.4 Å². The quantitative estimate of drug-likeness (QED) is 0.472. The maximum atomic E-state index is 9.79. The second kappa shape index (κ2) is 8.35. The van der Waals surface area contributed by atoms with Crippen LogP contribution in [0.25, 0.3) is 0 Å². The van der Waals surface area contributed by atoms with E-state index >= 15 is 0 Å². The summed E-state index contributed by atoms with van der Waals surface area (Å²) in [5.74, 6) is 0.858. The summed E-state index contributed by atoms with van der Waals surface area (Å²) in [6.07, 6.45) is 0.373. The molecule has 0 amide bonds. The zero-order valence-electron chi connectivity index (χ0n) is 10.7. The lowest BCUT2D eigenvalue weighted by molar-refractivity contribution is -0.0713. The smallest absolute Gasteiger partial charge is 0.132 e. The third-order valence-corrected chi connectivity index (χ3v) is 4.35. The van der Waals surface area contributed by atoms with Gasteiger partial charge in [-0.1, -0.05) is 26.2 Å². The molecule has 6 heteroatoms. The predicted octanol–water partition coefficient (Wildman–Crippen LogP) is 0.0998. The molecule has 5 atom stereocenters. The van der Waals surface area contributed by atoms with Crippen molar-refractivity contribution in [1.29, 1.82) is 0 Å². The average molecular weight is 280 g/mol. The predicted molar refractivity (Wildman–Crippen MR) is 70.4 cm³/mol. The highest BCUT2D eigenvalue weighted by molar-refractivity contribution is 7.99. The lowest BCUT2D eigenvalue weighted by atomic mass is 10.1. The fraction of sp³-hybridized carbons (Fsp3) is 1.00. The molecule has 1 heterocycles. The van der Waals surface area contributed by atoms with Gasteiger partial charge in [-0.25, -0.2) is 0 Å². The van der Waals surface area contributed by atoms with Crippen LogP contribution in [0.15, 0.2) is 0 Å². The molecule has 1 fully saturated rings. The van der Waals surface area contributed by atoms with Crippen molar-refractivity contribution in [3.63, 3.8) is 0 Å². The van der Waals surface area contributed by atoms with E-state index in [2.05, 4.69) is 6.92 Å². The van der Waals surface area contributed by atoms with E-state index in [1.54, 1.807) is 0 Å². The normalized spacial score (nSPS) is 33.8. The highest BCUT2D eigenvalue weighted by atomic mass is 32.2. The molecule has 0 aromatic carbocycles. The van der Waals surface area contributed by atoms with E-state index in [1.165, 1.54) is 24.6 Å². The van der Waals surface area contributed by atoms with Crippen LogP contribution < -0.4 is 0 Å². The Morgan fingerprint density at radius 3 is 2.50 bits per heavy atom. The molecule has 0 bridgehead atoms. The molecule has 0 saturated carbocycles. The monoisotopic (exact) mass is 280 g/mol. The zero-order valence-corrected chi connectivity index (χ0v) is 11.6. The van der Waals surface area contributed by atoms with Crippen molar-refractivity contribution < 1.29 is 25.2 Å². The van der Waals surface area contributed by atoms with E-state index in [9.17, 15) is 15.3 Å². The summed E-state index contributed by atoms with van der Waals surface area (Å²) >= 11 is 1.45. The fourth-order valence-electron chi connectivity index (χ4n) is 1.96. The lowest BCUT2D eigenvalue weighted by Gasteiger charge is -2.18. The molecule has 108 valence electrons. The van der Waals surface area contributed by atoms with Gasteiger partial charge in [-0.2, -0.15) is 0 Å². The van der Waals surface area contributed by atoms with E-state index in [1.807, 2.05) is 0 Å². The number of ether oxygens (including phenoxy) is 1. The maximum absolute atomic E-state index is 9.79. The number of hydrogen-bond acceptors (Lipinski definition) is 6. The summed E-state index contributed by atoms with van der Waals surface area (Å²) in [5.41, 5.74) is -0.521. The Balaban J connectivity index is 2.30. The molecule has 0 aromatic rings. The van der Waals surface area contributed by atoms with Gasteiger partial charge in [0.25, 0.3) is 0 Å². The first-order valence-electron chi connectivity index (χ1n) is 6.54. The maximum Gasteiger partial charge on any atom is 0.132 e. The standard InChI is InChI=1S/C12H24O5S/c1-2-3-4-5-6-18-12-10(16)9(15)11(17-12)8(14)7-13/h8-16H,2-7H2,1H3/t8-,9+,10+,11-,12-/m0/s1. The molecule has 0 unspecified atom stereocenters. The Kier molecular flexibility index (Phi) is 7.51. The van der Waals surface area contributed by atoms with Crippen molar-refractivity contribution in [2.24, 2.45) is 0 Å². The first-order valence-corrected chi connectivity index (χ1v) is 7.58. The summed E-state index contributed by atoms with van der Waals surface area (Å²) in [7, 11) is 0. The van der Waals surface area contributed by atoms with Crippen LogP contribution in [0.5, 0.6) is 0 Å². The largest absolute Gasteiger partial charge is 0.394 e. The van der Waals surface area contributed by atoms with Gasteiger partial charge in [0.2, 0.25) is 0 Å². The van der Waals surface area contributed by atoms with Gasteiger partial charge in [-0.3, -0.25) is 0 Å². The first kappa shape index (κ1) is 16.2. The Bertz CT molecular complexity index is 229. The van der Waals surface area contributed by atoms with E-state index < -0.39 is 36.5 Å². The summed E-state index contributed by atoms with van der Waals surface area (Å²) < 4.78 is 5.40. The molecular formula is C12H24O5S. The van der Waals surface area contributed by atoms with Gasteiger partial charge in [0, 0.05) is 0 Å². The lowest BCUT2D eigenvalue weighted by Crippen LogP contribution is -2.40. The van der Waals surface area contributed by atoms with Gasteiger partial charge in [0.1, 0.15) is 29.9 Å². The minimum atomic E-state index is -1.15. The molecule has 5 nitrogen and oxygen atoms in total. The third kappa shape index (κ3) is 4.36. The van der Waals surface area contributed by atoms with Gasteiger partial charge in [0.15, 0.2) is 0 Å². The second-order valence-corrected chi connectivity index (χ2v) is 5.84. The van der Waals surface area contributed by atoms with Crippen molar-refractivity contribution >= 4 is 11.8 Å². The SMILES string of the molecule is CCCCCCS[C@@H]1O[C@@H]([C@@H](O)CO)[C@H](O)[C@H]1O. The third-order valence-electron chi connectivity index (χ3n) is 3.10. The summed E-state index contributed by atoms with van der Waals surface area (Å²) in [6, 6.07) is 0. The van der Waals surface area contributed by atoms with Crippen LogP contribution in [0.3, 0.4) is 0 Å². The van der Waals surface area contributed by atoms with Crippen LogP contribution >= 0.6 is 11.8 Å². The van der Waals surface area contributed by atoms with Crippen LogP contribution in [0, 0.1) is 0 Å². The molecule has 0 spiro atoms. The second-order valence-electron chi connectivity index (χ2n) is 4.63. The highest BCUT2D eigenvalue weighted by Gasteiger charge is 2.45. The average Bonchev–Trinajstić information content (AvgIpc) is 2.66. The Morgan fingerprint density at radius 2 is 1.89 bits per heavy atom. The Hall–Kier alpha value is 0.150. The number of thioether (sulfide) groups is 1. The van der Waals surface area contributed by atoms with Gasteiger partial charge in [-0.05, 0) is 12.2 Å². The van der Waals surface area contributed by atoms with E-state index in [0.717, 1.165) is 18.6 Å². The van der Waals surface area contributed by atoms with Gasteiger partial charge in [0.05, 0.1) is 6.61 Å². The van der Waals surface area contributed by atoms with Crippen LogP contribution in [-0.2, 0) is 4.74 Å². The molecule has 0 aliphatic carbocycles. The van der Waals surface area contributed by atoms with Gasteiger partial charge >= 0.3 is 0 Å². The minimum Gasteiger partial charge on any atom is -0.394 e. The van der Waals surface area contributed by atoms with E-state index in [-0.39, 0.29) is 0 Å². The molecule has 18 heavy (non-hydrogen) atoms. The number of aliphatic hydroxyl groups excluding tert-OH is 4. The number of aliphatic hydroxyl groups is 4. The molecule has 1 saturated heterocycles. The molecular weight excluding hydrogens is 256 g/mol. The van der Waals surface area contributed by atoms with Gasteiger partial charge < -0.3 is 25.2 Å². The van der Waals surface area contributed by atoms with Crippen molar-refractivity contribution in [3.8, 4) is 0 Å². The Morgan fingerprint density at radius 1 is 1.17 bits per heavy atom. The number of hydrogen-bond donors (Lipinski definition) is 4. The molecule has 4 N–H and O–H groups in total. The summed E-state index contributed by atoms with van der Waals surface area (Å²) in [6.45, 7) is 1.66. The highest BCUT2D eigenvalue weighted by Crippen LogP contribution is 2.31. The first-order chi connectivity index (χ1) is 8.61. The minimum absolute atomic E-state index is 0.484. The Labute approximate surface area is 112 Å². The van der Waals surface area contributed by atoms with Crippen LogP contribution in [0.2, 0.25) is 0 Å². The fourth-order valence-corrected chi connectivity index (χ4v) is 3.13. The van der Waals surface area contributed by atoms with Crippen LogP contribution in [-0.4, -0.2) is 62.6 Å². The molecule has 1 aliphatic rings. The van der Waals surface area contributed by atoms with E-state index in [0.29, 0.717) is 0 Å².